The fourth-order valence-corrected chi connectivity index (χ4v) is 2.55. The second-order valence-electron chi connectivity index (χ2n) is 5.27. The summed E-state index contributed by atoms with van der Waals surface area (Å²) < 4.78 is 2.75. The second-order valence-corrected chi connectivity index (χ2v) is 5.27. The topological polar surface area (TPSA) is 110 Å². The van der Waals surface area contributed by atoms with Crippen molar-refractivity contribution in [2.45, 2.75) is 19.9 Å². The molecule has 3 rings (SSSR count). The number of fused-ring (bicyclic) bond motifs is 1. The molecule has 8 nitrogen and oxygen atoms in total. The van der Waals surface area contributed by atoms with Crippen LogP contribution in [-0.2, 0) is 4.79 Å². The standard InChI is InChI=1S/C15H14N4O4/c1-8-5-10-12(6-11(8)18-4-3-16-7-18)19(9(2)15(22)23)14(21)13(20)17-10/h3-7,9H,1-2H3,(H,17,20)(H,22,23). The largest absolute Gasteiger partial charge is 0.480 e. The van der Waals surface area contributed by atoms with Gasteiger partial charge < -0.3 is 14.7 Å². The highest BCUT2D eigenvalue weighted by molar-refractivity contribution is 5.81. The van der Waals surface area contributed by atoms with Crippen molar-refractivity contribution in [2.75, 3.05) is 0 Å². The van der Waals surface area contributed by atoms with Gasteiger partial charge in [-0.25, -0.2) is 9.78 Å². The Balaban J connectivity index is 2.43. The number of nitrogens with one attached hydrogen (secondary N) is 1. The molecule has 2 N–H and O–H groups in total. The van der Waals surface area contributed by atoms with Crippen LogP contribution in [0.3, 0.4) is 0 Å². The van der Waals surface area contributed by atoms with Gasteiger partial charge in [0.2, 0.25) is 0 Å². The van der Waals surface area contributed by atoms with Crippen LogP contribution in [0.4, 0.5) is 0 Å². The highest BCUT2D eigenvalue weighted by Crippen LogP contribution is 2.21. The molecule has 118 valence electrons. The summed E-state index contributed by atoms with van der Waals surface area (Å²) in [5.41, 5.74) is 0.600. The summed E-state index contributed by atoms with van der Waals surface area (Å²) in [6.07, 6.45) is 4.95. The number of aryl methyl sites for hydroxylation is 1. The van der Waals surface area contributed by atoms with Crippen molar-refractivity contribution in [3.63, 3.8) is 0 Å². The van der Waals surface area contributed by atoms with Crippen LogP contribution in [0.15, 0.2) is 40.4 Å². The van der Waals surface area contributed by atoms with Crippen molar-refractivity contribution >= 4 is 17.0 Å². The summed E-state index contributed by atoms with van der Waals surface area (Å²) in [6, 6.07) is 2.21. The number of rotatable bonds is 3. The Morgan fingerprint density at radius 1 is 1.35 bits per heavy atom. The summed E-state index contributed by atoms with van der Waals surface area (Å²) in [7, 11) is 0. The first-order valence-corrected chi connectivity index (χ1v) is 6.90. The maximum absolute atomic E-state index is 12.1. The number of hydrogen-bond acceptors (Lipinski definition) is 4. The molecule has 23 heavy (non-hydrogen) atoms. The lowest BCUT2D eigenvalue weighted by atomic mass is 10.1. The van der Waals surface area contributed by atoms with Gasteiger partial charge in [0.15, 0.2) is 0 Å². The molecule has 0 saturated carbocycles. The van der Waals surface area contributed by atoms with Gasteiger partial charge in [-0.2, -0.15) is 0 Å². The van der Waals surface area contributed by atoms with Gasteiger partial charge >= 0.3 is 17.1 Å². The molecule has 0 saturated heterocycles. The van der Waals surface area contributed by atoms with Crippen molar-refractivity contribution < 1.29 is 9.90 Å². The number of aromatic amines is 1. The predicted molar refractivity (Wildman–Crippen MR) is 83.0 cm³/mol. The third-order valence-corrected chi connectivity index (χ3v) is 3.76. The smallest absolute Gasteiger partial charge is 0.326 e. The number of nitrogens with zero attached hydrogens (tertiary/aromatic N) is 3. The zero-order valence-electron chi connectivity index (χ0n) is 12.5. The molecular formula is C15H14N4O4. The molecule has 0 amide bonds. The highest BCUT2D eigenvalue weighted by atomic mass is 16.4. The van der Waals surface area contributed by atoms with Crippen LogP contribution < -0.4 is 11.1 Å². The Morgan fingerprint density at radius 3 is 2.70 bits per heavy atom. The van der Waals surface area contributed by atoms with Gasteiger partial charge in [0.25, 0.3) is 0 Å². The normalized spacial score (nSPS) is 12.4. The van der Waals surface area contributed by atoms with Crippen LogP contribution in [0.25, 0.3) is 16.7 Å². The van der Waals surface area contributed by atoms with E-state index in [2.05, 4.69) is 9.97 Å². The van der Waals surface area contributed by atoms with Crippen molar-refractivity contribution in [2.24, 2.45) is 0 Å². The quantitative estimate of drug-likeness (QED) is 0.696. The Kier molecular flexibility index (Phi) is 3.36. The average molecular weight is 314 g/mol. The van der Waals surface area contributed by atoms with Crippen molar-refractivity contribution in [1.82, 2.24) is 19.1 Å². The van der Waals surface area contributed by atoms with Crippen molar-refractivity contribution in [3.8, 4) is 5.69 Å². The lowest BCUT2D eigenvalue weighted by Gasteiger charge is -2.16. The number of benzene rings is 1. The zero-order valence-corrected chi connectivity index (χ0v) is 12.5. The third-order valence-electron chi connectivity index (χ3n) is 3.76. The fourth-order valence-electron chi connectivity index (χ4n) is 2.55. The number of carbonyl (C=O) groups is 1. The zero-order chi connectivity index (χ0) is 16.7. The Morgan fingerprint density at radius 2 is 2.09 bits per heavy atom. The summed E-state index contributed by atoms with van der Waals surface area (Å²) in [4.78, 5) is 41.7. The summed E-state index contributed by atoms with van der Waals surface area (Å²) in [5, 5.41) is 9.23. The first-order chi connectivity index (χ1) is 10.9. The van der Waals surface area contributed by atoms with E-state index in [1.807, 2.05) is 6.92 Å². The van der Waals surface area contributed by atoms with Crippen LogP contribution in [0, 0.1) is 6.92 Å². The lowest BCUT2D eigenvalue weighted by molar-refractivity contribution is -0.140. The number of carboxylic acids is 1. The monoisotopic (exact) mass is 314 g/mol. The van der Waals surface area contributed by atoms with E-state index < -0.39 is 23.1 Å². The van der Waals surface area contributed by atoms with Crippen LogP contribution in [-0.4, -0.2) is 30.2 Å². The van der Waals surface area contributed by atoms with Gasteiger partial charge in [0.1, 0.15) is 6.04 Å². The number of H-pyrrole nitrogens is 1. The average Bonchev–Trinajstić information content (AvgIpc) is 3.02. The molecule has 0 spiro atoms. The second kappa shape index (κ2) is 5.24. The molecule has 1 aromatic carbocycles. The van der Waals surface area contributed by atoms with Crippen LogP contribution in [0.5, 0.6) is 0 Å². The molecule has 2 aromatic heterocycles. The Hall–Kier alpha value is -3.16. The highest BCUT2D eigenvalue weighted by Gasteiger charge is 2.20. The summed E-state index contributed by atoms with van der Waals surface area (Å²) >= 11 is 0. The third kappa shape index (κ3) is 2.33. The predicted octanol–water partition coefficient (Wildman–Crippen LogP) is 0.830. The minimum absolute atomic E-state index is 0.346. The molecule has 8 heteroatoms. The molecule has 0 aliphatic heterocycles. The van der Waals surface area contributed by atoms with Crippen molar-refractivity contribution in [1.29, 1.82) is 0 Å². The van der Waals surface area contributed by atoms with Gasteiger partial charge in [-0.1, -0.05) is 0 Å². The minimum Gasteiger partial charge on any atom is -0.480 e. The van der Waals surface area contributed by atoms with E-state index >= 15 is 0 Å². The van der Waals surface area contributed by atoms with E-state index in [9.17, 15) is 19.5 Å². The molecule has 2 heterocycles. The molecule has 0 aliphatic rings. The maximum atomic E-state index is 12.1. The van der Waals surface area contributed by atoms with Crippen LogP contribution in [0.2, 0.25) is 0 Å². The van der Waals surface area contributed by atoms with Gasteiger partial charge in [-0.3, -0.25) is 14.2 Å². The van der Waals surface area contributed by atoms with E-state index in [4.69, 9.17) is 0 Å². The molecule has 0 fully saturated rings. The molecule has 0 radical (unpaired) electrons. The van der Waals surface area contributed by atoms with E-state index in [0.29, 0.717) is 11.0 Å². The Labute approximate surface area is 129 Å². The SMILES string of the molecule is Cc1cc2[nH]c(=O)c(=O)n(C(C)C(=O)O)c2cc1-n1ccnc1. The van der Waals surface area contributed by atoms with Gasteiger partial charge in [-0.05, 0) is 31.5 Å². The van der Waals surface area contributed by atoms with Crippen LogP contribution in [0.1, 0.15) is 18.5 Å². The number of aromatic nitrogens is 4. The van der Waals surface area contributed by atoms with Gasteiger partial charge in [-0.15, -0.1) is 0 Å². The molecule has 1 unspecified atom stereocenters. The lowest BCUT2D eigenvalue weighted by Crippen LogP contribution is -2.39. The maximum Gasteiger partial charge on any atom is 0.326 e. The molecule has 1 atom stereocenters. The Bertz CT molecular complexity index is 1010. The number of hydrogen-bond donors (Lipinski definition) is 2. The van der Waals surface area contributed by atoms with E-state index in [1.165, 1.54) is 6.92 Å². The van der Waals surface area contributed by atoms with Crippen molar-refractivity contribution in [3.05, 3.63) is 57.1 Å². The van der Waals surface area contributed by atoms with Gasteiger partial charge in [0.05, 0.1) is 23.0 Å². The van der Waals surface area contributed by atoms with Crippen LogP contribution >= 0.6 is 0 Å². The molecule has 0 aliphatic carbocycles. The summed E-state index contributed by atoms with van der Waals surface area (Å²) in [6.45, 7) is 3.21. The number of aliphatic carboxylic acids is 1. The first-order valence-electron chi connectivity index (χ1n) is 6.90. The van der Waals surface area contributed by atoms with E-state index in [1.54, 1.807) is 35.4 Å². The first kappa shape index (κ1) is 14.8. The minimum atomic E-state index is -1.19. The summed E-state index contributed by atoms with van der Waals surface area (Å²) in [5.74, 6) is -1.19. The van der Waals surface area contributed by atoms with Gasteiger partial charge in [0, 0.05) is 12.4 Å². The number of carboxylic acid groups (broad SMARTS) is 1. The fraction of sp³-hybridized carbons (Fsp3) is 0.200. The molecular weight excluding hydrogens is 300 g/mol. The molecule has 3 aromatic rings. The van der Waals surface area contributed by atoms with E-state index in [-0.39, 0.29) is 0 Å². The molecule has 0 bridgehead atoms. The number of imidazole rings is 1. The van der Waals surface area contributed by atoms with E-state index in [0.717, 1.165) is 15.8 Å².